The zero-order chi connectivity index (χ0) is 21.1. The standard InChI is InChI=1S/C21H22N2O6/c1-28-17-6-13-5-14(10-24)16(11-25)21(15(13)8-18(17)29-2)12-3-4-23(9-19(22)26)20(27)7-12/h3-8,24-25H,9-11H2,1-2H3,(H2,22,26). The summed E-state index contributed by atoms with van der Waals surface area (Å²) in [5.41, 5.74) is 6.93. The smallest absolute Gasteiger partial charge is 0.251 e. The Labute approximate surface area is 166 Å². The fourth-order valence-electron chi connectivity index (χ4n) is 3.44. The number of ether oxygens (including phenoxy) is 2. The van der Waals surface area contributed by atoms with Gasteiger partial charge in [-0.05, 0) is 57.3 Å². The monoisotopic (exact) mass is 398 g/mol. The average molecular weight is 398 g/mol. The van der Waals surface area contributed by atoms with Crippen LogP contribution in [-0.4, -0.2) is 34.9 Å². The summed E-state index contributed by atoms with van der Waals surface area (Å²) in [6.45, 7) is -0.847. The Morgan fingerprint density at radius 1 is 1.07 bits per heavy atom. The molecule has 29 heavy (non-hydrogen) atoms. The molecule has 0 spiro atoms. The summed E-state index contributed by atoms with van der Waals surface area (Å²) in [7, 11) is 3.04. The van der Waals surface area contributed by atoms with Gasteiger partial charge in [-0.25, -0.2) is 0 Å². The van der Waals surface area contributed by atoms with Crippen LogP contribution in [0.15, 0.2) is 41.3 Å². The van der Waals surface area contributed by atoms with Gasteiger partial charge in [-0.3, -0.25) is 9.59 Å². The van der Waals surface area contributed by atoms with Crippen LogP contribution >= 0.6 is 0 Å². The van der Waals surface area contributed by atoms with Gasteiger partial charge < -0.3 is 30.0 Å². The molecule has 0 aliphatic carbocycles. The van der Waals surface area contributed by atoms with Crippen molar-refractivity contribution in [1.82, 2.24) is 4.57 Å². The number of aliphatic hydroxyl groups is 2. The number of carbonyl (C=O) groups excluding carboxylic acids is 1. The highest BCUT2D eigenvalue weighted by atomic mass is 16.5. The molecule has 1 aromatic heterocycles. The quantitative estimate of drug-likeness (QED) is 0.549. The molecule has 0 aliphatic rings. The molecule has 3 rings (SSSR count). The molecule has 8 heteroatoms. The van der Waals surface area contributed by atoms with Crippen LogP contribution in [0.25, 0.3) is 21.9 Å². The summed E-state index contributed by atoms with van der Waals surface area (Å²) in [6.07, 6.45) is 1.47. The van der Waals surface area contributed by atoms with Crippen LogP contribution in [0, 0.1) is 0 Å². The van der Waals surface area contributed by atoms with Crippen LogP contribution in [0.5, 0.6) is 11.5 Å². The minimum absolute atomic E-state index is 0.228. The number of amides is 1. The topological polar surface area (TPSA) is 124 Å². The number of hydrogen-bond acceptors (Lipinski definition) is 6. The predicted octanol–water partition coefficient (Wildman–Crippen LogP) is 1.16. The third kappa shape index (κ3) is 3.80. The molecule has 3 aromatic rings. The van der Waals surface area contributed by atoms with Crippen LogP contribution in [0.2, 0.25) is 0 Å². The van der Waals surface area contributed by atoms with Gasteiger partial charge in [-0.1, -0.05) is 0 Å². The number of hydrogen-bond donors (Lipinski definition) is 3. The second-order valence-electron chi connectivity index (χ2n) is 6.48. The maximum atomic E-state index is 12.5. The van der Waals surface area contributed by atoms with E-state index in [2.05, 4.69) is 0 Å². The van der Waals surface area contributed by atoms with Crippen molar-refractivity contribution in [2.45, 2.75) is 19.8 Å². The van der Waals surface area contributed by atoms with E-state index >= 15 is 0 Å². The lowest BCUT2D eigenvalue weighted by Gasteiger charge is -2.18. The number of nitrogens with two attached hydrogens (primary N) is 1. The van der Waals surface area contributed by atoms with Gasteiger partial charge in [0.25, 0.3) is 5.56 Å². The Kier molecular flexibility index (Phi) is 5.86. The Bertz CT molecular complexity index is 1130. The van der Waals surface area contributed by atoms with Gasteiger partial charge in [-0.2, -0.15) is 0 Å². The first-order valence-corrected chi connectivity index (χ1v) is 8.84. The van der Waals surface area contributed by atoms with E-state index in [0.29, 0.717) is 33.8 Å². The maximum Gasteiger partial charge on any atom is 0.251 e. The molecule has 0 bridgehead atoms. The molecule has 2 aromatic carbocycles. The van der Waals surface area contributed by atoms with Crippen LogP contribution in [-0.2, 0) is 24.6 Å². The van der Waals surface area contributed by atoms with Crippen LogP contribution in [0.1, 0.15) is 11.1 Å². The number of rotatable bonds is 7. The largest absolute Gasteiger partial charge is 0.493 e. The number of fused-ring (bicyclic) bond motifs is 1. The Hall–Kier alpha value is -3.36. The van der Waals surface area contributed by atoms with Crippen molar-refractivity contribution < 1.29 is 24.5 Å². The first-order chi connectivity index (χ1) is 13.9. The number of aromatic nitrogens is 1. The molecular formula is C21H22N2O6. The van der Waals surface area contributed by atoms with Gasteiger partial charge in [0.05, 0.1) is 27.4 Å². The number of aliphatic hydroxyl groups excluding tert-OH is 2. The van der Waals surface area contributed by atoms with E-state index in [0.717, 1.165) is 10.8 Å². The minimum Gasteiger partial charge on any atom is -0.493 e. The predicted molar refractivity (Wildman–Crippen MR) is 108 cm³/mol. The van der Waals surface area contributed by atoms with Gasteiger partial charge >= 0.3 is 0 Å². The van der Waals surface area contributed by atoms with E-state index in [4.69, 9.17) is 15.2 Å². The number of methoxy groups -OCH3 is 2. The third-order valence-electron chi connectivity index (χ3n) is 4.78. The van der Waals surface area contributed by atoms with Gasteiger partial charge in [0, 0.05) is 12.3 Å². The molecule has 0 aliphatic heterocycles. The van der Waals surface area contributed by atoms with Crippen molar-refractivity contribution >= 4 is 16.7 Å². The van der Waals surface area contributed by atoms with E-state index in [9.17, 15) is 19.8 Å². The fourth-order valence-corrected chi connectivity index (χ4v) is 3.44. The number of pyridine rings is 1. The minimum atomic E-state index is -0.625. The lowest BCUT2D eigenvalue weighted by molar-refractivity contribution is -0.118. The second kappa shape index (κ2) is 8.34. The molecule has 8 nitrogen and oxygen atoms in total. The summed E-state index contributed by atoms with van der Waals surface area (Å²) in [5, 5.41) is 21.3. The summed E-state index contributed by atoms with van der Waals surface area (Å²) in [5.74, 6) is 0.382. The molecule has 1 heterocycles. The molecule has 0 unspecified atom stereocenters. The van der Waals surface area contributed by atoms with E-state index in [1.54, 1.807) is 24.3 Å². The van der Waals surface area contributed by atoms with Crippen molar-refractivity contribution in [1.29, 1.82) is 0 Å². The Balaban J connectivity index is 2.36. The van der Waals surface area contributed by atoms with E-state index < -0.39 is 11.5 Å². The second-order valence-corrected chi connectivity index (χ2v) is 6.48. The van der Waals surface area contributed by atoms with Crippen molar-refractivity contribution in [2.24, 2.45) is 5.73 Å². The zero-order valence-corrected chi connectivity index (χ0v) is 16.1. The lowest BCUT2D eigenvalue weighted by Crippen LogP contribution is -2.27. The van der Waals surface area contributed by atoms with E-state index in [1.807, 2.05) is 0 Å². The van der Waals surface area contributed by atoms with E-state index in [-0.39, 0.29) is 19.8 Å². The normalized spacial score (nSPS) is 10.9. The summed E-state index contributed by atoms with van der Waals surface area (Å²) >= 11 is 0. The Morgan fingerprint density at radius 3 is 2.31 bits per heavy atom. The van der Waals surface area contributed by atoms with Crippen LogP contribution < -0.4 is 20.8 Å². The van der Waals surface area contributed by atoms with Crippen molar-refractivity contribution in [3.63, 3.8) is 0 Å². The first kappa shape index (κ1) is 20.4. The maximum absolute atomic E-state index is 12.5. The highest BCUT2D eigenvalue weighted by Gasteiger charge is 2.18. The number of carbonyl (C=O) groups is 1. The summed E-state index contributed by atoms with van der Waals surface area (Å²) in [4.78, 5) is 23.6. The highest BCUT2D eigenvalue weighted by molar-refractivity contribution is 6.01. The molecule has 152 valence electrons. The van der Waals surface area contributed by atoms with Crippen molar-refractivity contribution in [2.75, 3.05) is 14.2 Å². The van der Waals surface area contributed by atoms with E-state index in [1.165, 1.54) is 31.0 Å². The third-order valence-corrected chi connectivity index (χ3v) is 4.78. The number of benzene rings is 2. The van der Waals surface area contributed by atoms with Gasteiger partial charge in [0.1, 0.15) is 6.54 Å². The summed E-state index contributed by atoms with van der Waals surface area (Å²) in [6, 6.07) is 8.33. The molecule has 0 radical (unpaired) electrons. The lowest BCUT2D eigenvalue weighted by atomic mass is 9.90. The average Bonchev–Trinajstić information content (AvgIpc) is 2.72. The van der Waals surface area contributed by atoms with Gasteiger partial charge in [0.15, 0.2) is 11.5 Å². The molecular weight excluding hydrogens is 376 g/mol. The molecule has 1 amide bonds. The molecule has 0 saturated carbocycles. The van der Waals surface area contributed by atoms with Gasteiger partial charge in [0.2, 0.25) is 5.91 Å². The number of nitrogens with zero attached hydrogens (tertiary/aromatic N) is 1. The van der Waals surface area contributed by atoms with Crippen molar-refractivity contribution in [3.8, 4) is 22.6 Å². The fraction of sp³-hybridized carbons (Fsp3) is 0.238. The molecule has 0 saturated heterocycles. The van der Waals surface area contributed by atoms with Crippen LogP contribution in [0.3, 0.4) is 0 Å². The zero-order valence-electron chi connectivity index (χ0n) is 16.1. The molecule has 0 fully saturated rings. The molecule has 0 atom stereocenters. The van der Waals surface area contributed by atoms with Crippen LogP contribution in [0.4, 0.5) is 0 Å². The Morgan fingerprint density at radius 2 is 1.76 bits per heavy atom. The highest BCUT2D eigenvalue weighted by Crippen LogP contribution is 2.40. The number of primary amides is 1. The SMILES string of the molecule is COc1cc2cc(CO)c(CO)c(-c3ccn(CC(N)=O)c(=O)c3)c2cc1OC. The first-order valence-electron chi connectivity index (χ1n) is 8.84. The van der Waals surface area contributed by atoms with Crippen molar-refractivity contribution in [3.05, 3.63) is 58.0 Å². The summed E-state index contributed by atoms with van der Waals surface area (Å²) < 4.78 is 12.0. The molecule has 4 N–H and O–H groups in total. The van der Waals surface area contributed by atoms with Gasteiger partial charge in [-0.15, -0.1) is 0 Å².